The number of esters is 1. The third-order valence-corrected chi connectivity index (χ3v) is 2.36. The zero-order valence-electron chi connectivity index (χ0n) is 10.00. The topological polar surface area (TPSA) is 46.5 Å². The third-order valence-electron chi connectivity index (χ3n) is 2.36. The van der Waals surface area contributed by atoms with Gasteiger partial charge in [0.1, 0.15) is 0 Å². The quantitative estimate of drug-likeness (QED) is 0.476. The van der Waals surface area contributed by atoms with E-state index in [0.717, 1.165) is 38.5 Å². The molecule has 3 nitrogen and oxygen atoms in total. The van der Waals surface area contributed by atoms with E-state index in [-0.39, 0.29) is 12.1 Å². The number of ether oxygens (including phenoxy) is 1. The van der Waals surface area contributed by atoms with E-state index in [1.54, 1.807) is 0 Å². The number of carbonyl (C=O) groups excluding carboxylic acids is 1. The summed E-state index contributed by atoms with van der Waals surface area (Å²) in [5.41, 5.74) is 0. The molecule has 1 atom stereocenters. The van der Waals surface area contributed by atoms with Crippen molar-refractivity contribution in [2.45, 2.75) is 64.9 Å². The summed E-state index contributed by atoms with van der Waals surface area (Å²) in [6, 6.07) is 0. The van der Waals surface area contributed by atoms with Crippen molar-refractivity contribution in [3.63, 3.8) is 0 Å². The van der Waals surface area contributed by atoms with Crippen LogP contribution in [0.5, 0.6) is 0 Å². The molecule has 0 rings (SSSR count). The zero-order valence-corrected chi connectivity index (χ0v) is 10.00. The molecule has 3 heteroatoms. The monoisotopic (exact) mass is 216 g/mol. The Kier molecular flexibility index (Phi) is 9.59. The Hall–Kier alpha value is -0.570. The summed E-state index contributed by atoms with van der Waals surface area (Å²) in [7, 11) is 0. The van der Waals surface area contributed by atoms with Gasteiger partial charge >= 0.3 is 5.97 Å². The highest BCUT2D eigenvalue weighted by Gasteiger charge is 2.05. The molecule has 15 heavy (non-hydrogen) atoms. The summed E-state index contributed by atoms with van der Waals surface area (Å²) in [6.45, 7) is 4.39. The summed E-state index contributed by atoms with van der Waals surface area (Å²) in [5.74, 6) is -0.124. The molecule has 0 radical (unpaired) electrons. The first-order chi connectivity index (χ1) is 7.20. The van der Waals surface area contributed by atoms with Gasteiger partial charge in [-0.25, -0.2) is 0 Å². The zero-order chi connectivity index (χ0) is 11.5. The number of aliphatic hydroxyl groups is 1. The Morgan fingerprint density at radius 3 is 2.47 bits per heavy atom. The second-order valence-corrected chi connectivity index (χ2v) is 3.85. The van der Waals surface area contributed by atoms with Gasteiger partial charge in [0.05, 0.1) is 12.7 Å². The number of hydrogen-bond acceptors (Lipinski definition) is 3. The maximum absolute atomic E-state index is 11.0. The number of hydrogen-bond donors (Lipinski definition) is 1. The van der Waals surface area contributed by atoms with Crippen LogP contribution in [0, 0.1) is 0 Å². The molecule has 0 amide bonds. The van der Waals surface area contributed by atoms with Gasteiger partial charge < -0.3 is 9.84 Å². The first-order valence-electron chi connectivity index (χ1n) is 6.04. The third kappa shape index (κ3) is 9.73. The van der Waals surface area contributed by atoms with Crippen LogP contribution >= 0.6 is 0 Å². The predicted molar refractivity (Wildman–Crippen MR) is 60.6 cm³/mol. The molecule has 0 fully saturated rings. The van der Waals surface area contributed by atoms with Crippen LogP contribution in [0.3, 0.4) is 0 Å². The van der Waals surface area contributed by atoms with Crippen LogP contribution < -0.4 is 0 Å². The highest BCUT2D eigenvalue weighted by Crippen LogP contribution is 2.09. The van der Waals surface area contributed by atoms with Crippen LogP contribution in [0.4, 0.5) is 0 Å². The van der Waals surface area contributed by atoms with Crippen molar-refractivity contribution in [3.05, 3.63) is 0 Å². The van der Waals surface area contributed by atoms with E-state index in [9.17, 15) is 9.90 Å². The van der Waals surface area contributed by atoms with Gasteiger partial charge in [0, 0.05) is 6.42 Å². The molecular formula is C12H24O3. The Morgan fingerprint density at radius 2 is 1.87 bits per heavy atom. The standard InChI is InChI=1S/C12H24O3/c1-3-5-8-11(13)9-6-7-10-12(14)15-4-2/h11,13H,3-10H2,1-2H3. The van der Waals surface area contributed by atoms with Gasteiger partial charge in [0.25, 0.3) is 0 Å². The molecule has 0 aliphatic rings. The van der Waals surface area contributed by atoms with Crippen molar-refractivity contribution < 1.29 is 14.6 Å². The summed E-state index contributed by atoms with van der Waals surface area (Å²) in [6.07, 6.45) is 5.92. The molecule has 0 aliphatic carbocycles. The SMILES string of the molecule is CCCCC(O)CCCCC(=O)OCC. The van der Waals surface area contributed by atoms with Crippen LogP contribution in [0.15, 0.2) is 0 Å². The van der Waals surface area contributed by atoms with E-state index in [2.05, 4.69) is 6.92 Å². The molecule has 1 unspecified atom stereocenters. The lowest BCUT2D eigenvalue weighted by molar-refractivity contribution is -0.143. The highest BCUT2D eigenvalue weighted by molar-refractivity contribution is 5.69. The lowest BCUT2D eigenvalue weighted by Crippen LogP contribution is -2.07. The van der Waals surface area contributed by atoms with Gasteiger partial charge in [-0.15, -0.1) is 0 Å². The molecule has 0 aliphatic heterocycles. The predicted octanol–water partition coefficient (Wildman–Crippen LogP) is 2.66. The lowest BCUT2D eigenvalue weighted by Gasteiger charge is -2.08. The van der Waals surface area contributed by atoms with Crippen LogP contribution in [0.25, 0.3) is 0 Å². The van der Waals surface area contributed by atoms with Crippen molar-refractivity contribution in [3.8, 4) is 0 Å². The highest BCUT2D eigenvalue weighted by atomic mass is 16.5. The summed E-state index contributed by atoms with van der Waals surface area (Å²) < 4.78 is 4.81. The van der Waals surface area contributed by atoms with Crippen LogP contribution in [-0.2, 0) is 9.53 Å². The summed E-state index contributed by atoms with van der Waals surface area (Å²) in [4.78, 5) is 11.0. The van der Waals surface area contributed by atoms with Crippen molar-refractivity contribution >= 4 is 5.97 Å². The van der Waals surface area contributed by atoms with Crippen molar-refractivity contribution in [2.75, 3.05) is 6.61 Å². The molecule has 90 valence electrons. The maximum Gasteiger partial charge on any atom is 0.305 e. The van der Waals surface area contributed by atoms with E-state index < -0.39 is 0 Å². The van der Waals surface area contributed by atoms with Gasteiger partial charge in [-0.2, -0.15) is 0 Å². The molecule has 0 heterocycles. The van der Waals surface area contributed by atoms with Crippen LogP contribution in [0.2, 0.25) is 0 Å². The molecule has 0 saturated heterocycles. The minimum absolute atomic E-state index is 0.124. The molecule has 1 N–H and O–H groups in total. The molecule has 0 aromatic rings. The van der Waals surface area contributed by atoms with Gasteiger partial charge in [-0.05, 0) is 26.2 Å². The first kappa shape index (κ1) is 14.4. The fraction of sp³-hybridized carbons (Fsp3) is 0.917. The number of unbranched alkanes of at least 4 members (excludes halogenated alkanes) is 2. The molecule has 0 aromatic heterocycles. The van der Waals surface area contributed by atoms with E-state index in [4.69, 9.17) is 4.74 Å². The van der Waals surface area contributed by atoms with E-state index in [1.165, 1.54) is 0 Å². The molecule has 0 aromatic carbocycles. The lowest BCUT2D eigenvalue weighted by atomic mass is 10.1. The summed E-state index contributed by atoms with van der Waals surface area (Å²) in [5, 5.41) is 9.53. The van der Waals surface area contributed by atoms with Gasteiger partial charge in [0.15, 0.2) is 0 Å². The Bertz CT molecular complexity index is 157. The fourth-order valence-electron chi connectivity index (χ4n) is 1.47. The minimum atomic E-state index is -0.188. The van der Waals surface area contributed by atoms with E-state index in [1.807, 2.05) is 6.92 Å². The van der Waals surface area contributed by atoms with Gasteiger partial charge in [-0.3, -0.25) is 4.79 Å². The number of rotatable bonds is 9. The summed E-state index contributed by atoms with van der Waals surface area (Å²) >= 11 is 0. The van der Waals surface area contributed by atoms with Crippen LogP contribution in [-0.4, -0.2) is 23.8 Å². The van der Waals surface area contributed by atoms with Gasteiger partial charge in [0.2, 0.25) is 0 Å². The molecule has 0 saturated carbocycles. The Morgan fingerprint density at radius 1 is 1.20 bits per heavy atom. The van der Waals surface area contributed by atoms with Gasteiger partial charge in [-0.1, -0.05) is 26.2 Å². The van der Waals surface area contributed by atoms with Crippen molar-refractivity contribution in [1.29, 1.82) is 0 Å². The van der Waals surface area contributed by atoms with Crippen molar-refractivity contribution in [1.82, 2.24) is 0 Å². The average Bonchev–Trinajstić information content (AvgIpc) is 2.22. The Labute approximate surface area is 92.8 Å². The smallest absolute Gasteiger partial charge is 0.305 e. The van der Waals surface area contributed by atoms with E-state index in [0.29, 0.717) is 13.0 Å². The number of carbonyl (C=O) groups is 1. The first-order valence-corrected chi connectivity index (χ1v) is 6.04. The number of aliphatic hydroxyl groups excluding tert-OH is 1. The largest absolute Gasteiger partial charge is 0.466 e. The Balaban J connectivity index is 3.26. The van der Waals surface area contributed by atoms with Crippen molar-refractivity contribution in [2.24, 2.45) is 0 Å². The molecular weight excluding hydrogens is 192 g/mol. The second kappa shape index (κ2) is 9.97. The molecule has 0 bridgehead atoms. The fourth-order valence-corrected chi connectivity index (χ4v) is 1.47. The van der Waals surface area contributed by atoms with E-state index >= 15 is 0 Å². The maximum atomic E-state index is 11.0. The van der Waals surface area contributed by atoms with Crippen LogP contribution in [0.1, 0.15) is 58.8 Å². The second-order valence-electron chi connectivity index (χ2n) is 3.85. The molecule has 0 spiro atoms. The normalized spacial score (nSPS) is 12.5. The average molecular weight is 216 g/mol. The minimum Gasteiger partial charge on any atom is -0.466 e.